The Balaban J connectivity index is 4.51. The van der Waals surface area contributed by atoms with Crippen molar-refractivity contribution in [2.75, 3.05) is 13.2 Å². The summed E-state index contributed by atoms with van der Waals surface area (Å²) in [5.41, 5.74) is 0. The number of esters is 3. The van der Waals surface area contributed by atoms with Crippen LogP contribution in [-0.4, -0.2) is 37.2 Å². The third-order valence-electron chi connectivity index (χ3n) is 11.7. The molecule has 0 rings (SSSR count). The van der Waals surface area contributed by atoms with Gasteiger partial charge >= 0.3 is 17.9 Å². The van der Waals surface area contributed by atoms with Crippen LogP contribution in [0.4, 0.5) is 0 Å². The number of unbranched alkanes of at least 4 members (excludes halogenated alkanes) is 21. The summed E-state index contributed by atoms with van der Waals surface area (Å²) in [5, 5.41) is 0. The molecule has 0 heterocycles. The molecule has 0 aliphatic heterocycles. The Morgan fingerprint density at radius 2 is 0.565 bits per heavy atom. The van der Waals surface area contributed by atoms with Crippen LogP contribution in [0.2, 0.25) is 0 Å². The molecule has 0 saturated heterocycles. The van der Waals surface area contributed by atoms with Gasteiger partial charge in [-0.05, 0) is 128 Å². The van der Waals surface area contributed by atoms with E-state index in [-0.39, 0.29) is 31.1 Å². The van der Waals surface area contributed by atoms with Gasteiger partial charge in [-0.1, -0.05) is 214 Å². The Morgan fingerprint density at radius 3 is 0.942 bits per heavy atom. The van der Waals surface area contributed by atoms with Crippen LogP contribution in [0.1, 0.15) is 252 Å². The van der Waals surface area contributed by atoms with Gasteiger partial charge in [0.25, 0.3) is 0 Å². The van der Waals surface area contributed by atoms with Crippen molar-refractivity contribution in [3.63, 3.8) is 0 Å². The first kappa shape index (κ1) is 65.1. The van der Waals surface area contributed by atoms with Gasteiger partial charge in [-0.25, -0.2) is 0 Å². The standard InChI is InChI=1S/C63H104O6/c1-4-7-10-13-16-19-22-25-28-30-31-33-36-38-41-44-47-50-53-56-62(65)68-59-60(69-63(66)57-54-51-48-45-42-39-34-27-24-21-18-15-12-9-6-3)58-67-61(64)55-52-49-46-43-40-37-35-32-29-26-23-20-17-14-11-8-5-2/h8,11,16-17,19-20,25-29,31,33-35,37-38,41,60H,4-7,9-10,12-15,18,21-24,30,32,36,39-40,42-59H2,1-3H3/b11-8-,19-16-,20-17-,28-25-,29-26-,33-31-,34-27-,37-35-,41-38-/t60-/m1/s1. The molecule has 0 radical (unpaired) electrons. The molecule has 1 atom stereocenters. The predicted octanol–water partition coefficient (Wildman–Crippen LogP) is 19.1. The average Bonchev–Trinajstić information content (AvgIpc) is 3.35. The number of hydrogen-bond acceptors (Lipinski definition) is 6. The molecule has 0 bridgehead atoms. The minimum atomic E-state index is -0.808. The highest BCUT2D eigenvalue weighted by Gasteiger charge is 2.19. The van der Waals surface area contributed by atoms with E-state index in [0.717, 1.165) is 135 Å². The van der Waals surface area contributed by atoms with Crippen LogP contribution in [-0.2, 0) is 28.6 Å². The first-order chi connectivity index (χ1) is 34.0. The maximum absolute atomic E-state index is 12.8. The zero-order valence-electron chi connectivity index (χ0n) is 44.8. The van der Waals surface area contributed by atoms with Crippen molar-refractivity contribution in [2.24, 2.45) is 0 Å². The summed E-state index contributed by atoms with van der Waals surface area (Å²) in [7, 11) is 0. The quantitative estimate of drug-likeness (QED) is 0.0262. The third kappa shape index (κ3) is 54.9. The summed E-state index contributed by atoms with van der Waals surface area (Å²) < 4.78 is 16.8. The molecule has 0 saturated carbocycles. The number of carbonyl (C=O) groups excluding carboxylic acids is 3. The highest BCUT2D eigenvalue weighted by molar-refractivity contribution is 5.71. The third-order valence-corrected chi connectivity index (χ3v) is 11.7. The Bertz CT molecular complexity index is 1420. The molecule has 6 nitrogen and oxygen atoms in total. The lowest BCUT2D eigenvalue weighted by Crippen LogP contribution is -2.30. The minimum absolute atomic E-state index is 0.106. The summed E-state index contributed by atoms with van der Waals surface area (Å²) in [4.78, 5) is 38.1. The van der Waals surface area contributed by atoms with Gasteiger partial charge in [0.2, 0.25) is 0 Å². The smallest absolute Gasteiger partial charge is 0.306 e. The summed E-state index contributed by atoms with van der Waals surface area (Å²) in [6, 6.07) is 0. The average molecular weight is 958 g/mol. The molecule has 0 aromatic carbocycles. The van der Waals surface area contributed by atoms with Crippen molar-refractivity contribution >= 4 is 17.9 Å². The largest absolute Gasteiger partial charge is 0.462 e. The number of carbonyl (C=O) groups is 3. The van der Waals surface area contributed by atoms with Gasteiger partial charge in [-0.2, -0.15) is 0 Å². The second-order valence-corrected chi connectivity index (χ2v) is 18.5. The zero-order chi connectivity index (χ0) is 50.0. The minimum Gasteiger partial charge on any atom is -0.462 e. The molecule has 0 aliphatic carbocycles. The van der Waals surface area contributed by atoms with Gasteiger partial charge in [0, 0.05) is 19.3 Å². The van der Waals surface area contributed by atoms with Crippen LogP contribution in [0.15, 0.2) is 109 Å². The molecule has 0 amide bonds. The molecule has 0 spiro atoms. The van der Waals surface area contributed by atoms with Gasteiger partial charge in [0.05, 0.1) is 0 Å². The van der Waals surface area contributed by atoms with Crippen LogP contribution >= 0.6 is 0 Å². The van der Waals surface area contributed by atoms with Crippen LogP contribution in [0.3, 0.4) is 0 Å². The molecule has 0 N–H and O–H groups in total. The second kappa shape index (κ2) is 56.7. The van der Waals surface area contributed by atoms with E-state index in [1.54, 1.807) is 0 Å². The van der Waals surface area contributed by atoms with Crippen molar-refractivity contribution in [3.8, 4) is 0 Å². The molecule has 0 aromatic rings. The number of hydrogen-bond donors (Lipinski definition) is 0. The van der Waals surface area contributed by atoms with E-state index < -0.39 is 6.10 Å². The second-order valence-electron chi connectivity index (χ2n) is 18.5. The Hall–Kier alpha value is -3.93. The summed E-state index contributed by atoms with van der Waals surface area (Å²) >= 11 is 0. The van der Waals surface area contributed by atoms with Crippen LogP contribution < -0.4 is 0 Å². The number of rotatable bonds is 50. The lowest BCUT2D eigenvalue weighted by atomic mass is 10.1. The van der Waals surface area contributed by atoms with E-state index in [4.69, 9.17) is 14.2 Å². The van der Waals surface area contributed by atoms with E-state index in [9.17, 15) is 14.4 Å². The first-order valence-corrected chi connectivity index (χ1v) is 28.4. The molecule has 0 aromatic heterocycles. The van der Waals surface area contributed by atoms with Crippen LogP contribution in [0, 0.1) is 0 Å². The van der Waals surface area contributed by atoms with E-state index in [2.05, 4.69) is 130 Å². The van der Waals surface area contributed by atoms with Crippen LogP contribution in [0.5, 0.6) is 0 Å². The maximum atomic E-state index is 12.8. The van der Waals surface area contributed by atoms with Crippen molar-refractivity contribution in [2.45, 2.75) is 258 Å². The zero-order valence-corrected chi connectivity index (χ0v) is 44.8. The van der Waals surface area contributed by atoms with Gasteiger partial charge in [0.1, 0.15) is 13.2 Å². The molecule has 69 heavy (non-hydrogen) atoms. The Kier molecular flexibility index (Phi) is 53.4. The molecule has 6 heteroatoms. The SMILES string of the molecule is CC/C=C\C/C=C\C/C=C\C/C=C\CCCCCCC(=O)OC[C@H](COC(=O)CCCCC/C=C\C/C=C\C/C=C\C/C=C\CCCCC)OC(=O)CCCCCCC/C=C\CCCCCCCC. The normalized spacial score (nSPS) is 12.9. The fourth-order valence-corrected chi connectivity index (χ4v) is 7.47. The van der Waals surface area contributed by atoms with Crippen LogP contribution in [0.25, 0.3) is 0 Å². The van der Waals surface area contributed by atoms with E-state index in [0.29, 0.717) is 19.3 Å². The van der Waals surface area contributed by atoms with Gasteiger partial charge < -0.3 is 14.2 Å². The lowest BCUT2D eigenvalue weighted by Gasteiger charge is -2.18. The lowest BCUT2D eigenvalue weighted by molar-refractivity contribution is -0.167. The highest BCUT2D eigenvalue weighted by atomic mass is 16.6. The fraction of sp³-hybridized carbons (Fsp3) is 0.667. The summed E-state index contributed by atoms with van der Waals surface area (Å²) in [6.07, 6.45) is 76.4. The number of ether oxygens (including phenoxy) is 3. The molecule has 0 aliphatic rings. The van der Waals surface area contributed by atoms with E-state index in [1.165, 1.54) is 77.0 Å². The van der Waals surface area contributed by atoms with Gasteiger partial charge in [-0.3, -0.25) is 14.4 Å². The molecule has 0 fully saturated rings. The van der Waals surface area contributed by atoms with E-state index >= 15 is 0 Å². The highest BCUT2D eigenvalue weighted by Crippen LogP contribution is 2.13. The predicted molar refractivity (Wildman–Crippen MR) is 297 cm³/mol. The maximum Gasteiger partial charge on any atom is 0.306 e. The summed E-state index contributed by atoms with van der Waals surface area (Å²) in [5.74, 6) is -0.967. The van der Waals surface area contributed by atoms with Crippen molar-refractivity contribution in [3.05, 3.63) is 109 Å². The van der Waals surface area contributed by atoms with E-state index in [1.807, 2.05) is 0 Å². The Morgan fingerprint density at radius 1 is 0.304 bits per heavy atom. The number of allylic oxidation sites excluding steroid dienone is 18. The van der Waals surface area contributed by atoms with Crippen molar-refractivity contribution < 1.29 is 28.6 Å². The summed E-state index contributed by atoms with van der Waals surface area (Å²) in [6.45, 7) is 6.44. The first-order valence-electron chi connectivity index (χ1n) is 28.4. The van der Waals surface area contributed by atoms with Gasteiger partial charge in [0.15, 0.2) is 6.10 Å². The molecular weight excluding hydrogens is 853 g/mol. The van der Waals surface area contributed by atoms with Gasteiger partial charge in [-0.15, -0.1) is 0 Å². The fourth-order valence-electron chi connectivity index (χ4n) is 7.47. The molecule has 392 valence electrons. The topological polar surface area (TPSA) is 78.9 Å². The Labute approximate surface area is 425 Å². The molecule has 0 unspecified atom stereocenters. The van der Waals surface area contributed by atoms with Crippen molar-refractivity contribution in [1.29, 1.82) is 0 Å². The van der Waals surface area contributed by atoms with Crippen molar-refractivity contribution in [1.82, 2.24) is 0 Å². The monoisotopic (exact) mass is 957 g/mol. The molecular formula is C63H104O6.